The van der Waals surface area contributed by atoms with Gasteiger partial charge in [0, 0.05) is 6.07 Å². The molecule has 0 heterocycles. The molecule has 0 fully saturated rings. The number of nitro benzene ring substituents is 1. The van der Waals surface area contributed by atoms with Crippen molar-refractivity contribution in [2.75, 3.05) is 0 Å². The third kappa shape index (κ3) is 3.37. The fourth-order valence-corrected chi connectivity index (χ4v) is 2.19. The topological polar surface area (TPSA) is 72.6 Å². The Kier molecular flexibility index (Phi) is 4.54. The van der Waals surface area contributed by atoms with Gasteiger partial charge in [-0.15, -0.1) is 0 Å². The molecule has 0 aromatic heterocycles. The monoisotopic (exact) mass is 355 g/mol. The van der Waals surface area contributed by atoms with E-state index in [1.165, 1.54) is 37.3 Å². The molecule has 7 heteroatoms. The molecule has 1 unspecified atom stereocenters. The lowest BCUT2D eigenvalue weighted by Crippen LogP contribution is -1.96. The second kappa shape index (κ2) is 6.19. The molecule has 0 aliphatic rings. The van der Waals surface area contributed by atoms with Crippen LogP contribution in [-0.2, 0) is 0 Å². The number of aliphatic hydroxyl groups is 1. The van der Waals surface area contributed by atoms with Gasteiger partial charge in [-0.1, -0.05) is 12.1 Å². The molecular formula is C14H11BrFNO4. The Morgan fingerprint density at radius 1 is 1.33 bits per heavy atom. The maximum Gasteiger partial charge on any atom is 0.287 e. The van der Waals surface area contributed by atoms with Gasteiger partial charge in [-0.05, 0) is 46.6 Å². The highest BCUT2D eigenvalue weighted by Gasteiger charge is 2.17. The second-order valence-electron chi connectivity index (χ2n) is 4.31. The van der Waals surface area contributed by atoms with Gasteiger partial charge in [-0.25, -0.2) is 4.39 Å². The van der Waals surface area contributed by atoms with Crippen molar-refractivity contribution < 1.29 is 19.2 Å². The third-order valence-corrected chi connectivity index (χ3v) is 3.59. The van der Waals surface area contributed by atoms with Crippen LogP contribution in [-0.4, -0.2) is 10.0 Å². The molecule has 0 bridgehead atoms. The van der Waals surface area contributed by atoms with Crippen molar-refractivity contribution in [1.82, 2.24) is 0 Å². The molecule has 2 rings (SSSR count). The highest BCUT2D eigenvalue weighted by atomic mass is 79.9. The number of hydrogen-bond donors (Lipinski definition) is 1. The number of halogens is 2. The molecule has 0 amide bonds. The van der Waals surface area contributed by atoms with Crippen LogP contribution in [0, 0.1) is 15.9 Å². The summed E-state index contributed by atoms with van der Waals surface area (Å²) < 4.78 is 19.4. The van der Waals surface area contributed by atoms with Crippen LogP contribution in [0.5, 0.6) is 11.5 Å². The zero-order chi connectivity index (χ0) is 15.6. The van der Waals surface area contributed by atoms with Gasteiger partial charge in [0.25, 0.3) is 5.69 Å². The molecule has 110 valence electrons. The Morgan fingerprint density at radius 3 is 2.62 bits per heavy atom. The summed E-state index contributed by atoms with van der Waals surface area (Å²) in [5.41, 5.74) is 0.242. The smallest absolute Gasteiger partial charge is 0.287 e. The fraction of sp³-hybridized carbons (Fsp3) is 0.143. The summed E-state index contributed by atoms with van der Waals surface area (Å²) in [4.78, 5) is 10.3. The van der Waals surface area contributed by atoms with Crippen molar-refractivity contribution in [3.8, 4) is 11.5 Å². The first kappa shape index (κ1) is 15.4. The Morgan fingerprint density at radius 2 is 2.05 bits per heavy atom. The van der Waals surface area contributed by atoms with E-state index in [4.69, 9.17) is 4.74 Å². The number of aliphatic hydroxyl groups excluding tert-OH is 1. The normalized spacial score (nSPS) is 12.0. The maximum absolute atomic E-state index is 13.9. The predicted octanol–water partition coefficient (Wildman–Crippen LogP) is 4.34. The van der Waals surface area contributed by atoms with E-state index in [9.17, 15) is 19.6 Å². The van der Waals surface area contributed by atoms with Gasteiger partial charge < -0.3 is 9.84 Å². The molecule has 1 N–H and O–H groups in total. The van der Waals surface area contributed by atoms with E-state index in [0.717, 1.165) is 6.07 Å². The van der Waals surface area contributed by atoms with Crippen molar-refractivity contribution in [2.24, 2.45) is 0 Å². The summed E-state index contributed by atoms with van der Waals surface area (Å²) >= 11 is 3.07. The lowest BCUT2D eigenvalue weighted by atomic mass is 10.1. The Hall–Kier alpha value is -1.99. The van der Waals surface area contributed by atoms with Gasteiger partial charge in [0.2, 0.25) is 0 Å². The van der Waals surface area contributed by atoms with Crippen molar-refractivity contribution in [3.63, 3.8) is 0 Å². The molecule has 0 saturated heterocycles. The van der Waals surface area contributed by atoms with Gasteiger partial charge in [0.15, 0.2) is 11.6 Å². The van der Waals surface area contributed by atoms with E-state index in [1.54, 1.807) is 0 Å². The first-order valence-corrected chi connectivity index (χ1v) is 6.77. The average molecular weight is 356 g/mol. The molecule has 5 nitrogen and oxygen atoms in total. The predicted molar refractivity (Wildman–Crippen MR) is 77.9 cm³/mol. The van der Waals surface area contributed by atoms with E-state index in [1.807, 2.05) is 0 Å². The van der Waals surface area contributed by atoms with Crippen molar-refractivity contribution in [3.05, 3.63) is 62.4 Å². The number of rotatable bonds is 4. The van der Waals surface area contributed by atoms with E-state index in [0.29, 0.717) is 5.56 Å². The zero-order valence-electron chi connectivity index (χ0n) is 10.9. The third-order valence-electron chi connectivity index (χ3n) is 2.80. The molecule has 0 spiro atoms. The summed E-state index contributed by atoms with van der Waals surface area (Å²) in [7, 11) is 0. The minimum Gasteiger partial charge on any atom is -0.453 e. The quantitative estimate of drug-likeness (QED) is 0.653. The Labute approximate surface area is 128 Å². The van der Waals surface area contributed by atoms with Crippen LogP contribution in [0.15, 0.2) is 40.9 Å². The van der Waals surface area contributed by atoms with Crippen LogP contribution in [0.4, 0.5) is 10.1 Å². The van der Waals surface area contributed by atoms with Crippen molar-refractivity contribution in [1.29, 1.82) is 0 Å². The summed E-state index contributed by atoms with van der Waals surface area (Å²) in [5.74, 6) is -0.611. The Bertz CT molecular complexity index is 691. The van der Waals surface area contributed by atoms with Gasteiger partial charge in [-0.2, -0.15) is 0 Å². The number of ether oxygens (including phenoxy) is 1. The molecule has 0 saturated carbocycles. The summed E-state index contributed by atoms with van der Waals surface area (Å²) in [5, 5.41) is 20.2. The van der Waals surface area contributed by atoms with Crippen LogP contribution >= 0.6 is 15.9 Å². The van der Waals surface area contributed by atoms with Crippen molar-refractivity contribution >= 4 is 21.6 Å². The molecular weight excluding hydrogens is 345 g/mol. The largest absolute Gasteiger partial charge is 0.453 e. The number of nitrogens with zero attached hydrogens (tertiary/aromatic N) is 1. The average Bonchev–Trinajstić information content (AvgIpc) is 2.42. The van der Waals surface area contributed by atoms with E-state index in [2.05, 4.69) is 15.9 Å². The van der Waals surface area contributed by atoms with Crippen LogP contribution in [0.25, 0.3) is 0 Å². The summed E-state index contributed by atoms with van der Waals surface area (Å²) in [6, 6.07) is 8.28. The zero-order valence-corrected chi connectivity index (χ0v) is 12.5. The maximum atomic E-state index is 13.9. The number of nitro groups is 1. The molecule has 2 aromatic carbocycles. The van der Waals surface area contributed by atoms with Crippen LogP contribution in [0.1, 0.15) is 18.6 Å². The standard InChI is InChI=1S/C14H11BrFNO4/c1-8(18)9-5-6-12(10(16)7-9)21-13-4-2-3-11(14(13)15)17(19)20/h2-8,18H,1H3. The highest BCUT2D eigenvalue weighted by Crippen LogP contribution is 2.37. The van der Waals surface area contributed by atoms with E-state index < -0.39 is 16.8 Å². The first-order chi connectivity index (χ1) is 9.90. The van der Waals surface area contributed by atoms with Gasteiger partial charge in [0.1, 0.15) is 10.2 Å². The fourth-order valence-electron chi connectivity index (χ4n) is 1.70. The molecule has 2 aromatic rings. The molecule has 0 radical (unpaired) electrons. The first-order valence-electron chi connectivity index (χ1n) is 5.98. The molecule has 0 aliphatic heterocycles. The van der Waals surface area contributed by atoms with Gasteiger partial charge in [-0.3, -0.25) is 10.1 Å². The summed E-state index contributed by atoms with van der Waals surface area (Å²) in [6.07, 6.45) is -0.793. The minimum atomic E-state index is -0.793. The van der Waals surface area contributed by atoms with E-state index >= 15 is 0 Å². The lowest BCUT2D eigenvalue weighted by molar-refractivity contribution is -0.385. The molecule has 0 aliphatic carbocycles. The SMILES string of the molecule is CC(O)c1ccc(Oc2cccc([N+](=O)[O-])c2Br)c(F)c1. The van der Waals surface area contributed by atoms with Gasteiger partial charge in [0.05, 0.1) is 11.0 Å². The van der Waals surface area contributed by atoms with Crippen LogP contribution in [0.3, 0.4) is 0 Å². The van der Waals surface area contributed by atoms with Gasteiger partial charge >= 0.3 is 0 Å². The van der Waals surface area contributed by atoms with Crippen molar-refractivity contribution in [2.45, 2.75) is 13.0 Å². The van der Waals surface area contributed by atoms with Crippen LogP contribution < -0.4 is 4.74 Å². The Balaban J connectivity index is 2.35. The lowest BCUT2D eigenvalue weighted by Gasteiger charge is -2.11. The highest BCUT2D eigenvalue weighted by molar-refractivity contribution is 9.10. The van der Waals surface area contributed by atoms with Crippen LogP contribution in [0.2, 0.25) is 0 Å². The van der Waals surface area contributed by atoms with E-state index in [-0.39, 0.29) is 21.7 Å². The summed E-state index contributed by atoms with van der Waals surface area (Å²) in [6.45, 7) is 1.52. The number of benzene rings is 2. The second-order valence-corrected chi connectivity index (χ2v) is 5.11. The minimum absolute atomic E-state index is 0.0828. The number of hydrogen-bond acceptors (Lipinski definition) is 4. The molecule has 21 heavy (non-hydrogen) atoms. The molecule has 1 atom stereocenters.